The minimum Gasteiger partial charge on any atom is -0.480 e. The summed E-state index contributed by atoms with van der Waals surface area (Å²) in [4.78, 5) is 60.0. The second kappa shape index (κ2) is 14.1. The molecular weight excluding hydrogens is 510 g/mol. The van der Waals surface area contributed by atoms with E-state index in [2.05, 4.69) is 29.0 Å². The Bertz CT molecular complexity index is 901. The standard InChI is InChI=1S/C30H55N5O5/c1-19(2)23(18-35-17-13-15-22(35)27(37)34(10)24(20(3)4)29(39)40)33(9)28(38)25(30(5,6)7)31-26(36)21-14-11-12-16-32(21)8/h19-25H,11-18H2,1-10H3,(H,31,36)(H,39,40). The van der Waals surface area contributed by atoms with Gasteiger partial charge in [0.1, 0.15) is 12.1 Å². The Morgan fingerprint density at radius 3 is 2.00 bits per heavy atom. The number of rotatable bonds is 11. The normalized spacial score (nSPS) is 23.1. The number of likely N-dealkylation sites (N-methyl/N-ethyl adjacent to an activating group) is 3. The van der Waals surface area contributed by atoms with E-state index in [1.807, 2.05) is 27.8 Å². The van der Waals surface area contributed by atoms with Crippen LogP contribution in [-0.4, -0.2) is 119 Å². The summed E-state index contributed by atoms with van der Waals surface area (Å²) in [6, 6.07) is -2.42. The van der Waals surface area contributed by atoms with E-state index in [-0.39, 0.29) is 41.6 Å². The number of piperidine rings is 1. The van der Waals surface area contributed by atoms with E-state index in [4.69, 9.17) is 0 Å². The van der Waals surface area contributed by atoms with Gasteiger partial charge in [0.25, 0.3) is 0 Å². The van der Waals surface area contributed by atoms with Crippen LogP contribution in [0.15, 0.2) is 0 Å². The molecule has 2 aliphatic heterocycles. The maximum atomic E-state index is 14.0. The summed E-state index contributed by atoms with van der Waals surface area (Å²) >= 11 is 0. The maximum Gasteiger partial charge on any atom is 0.326 e. The van der Waals surface area contributed by atoms with E-state index in [9.17, 15) is 24.3 Å². The topological polar surface area (TPSA) is 113 Å². The van der Waals surface area contributed by atoms with Crippen LogP contribution in [0.5, 0.6) is 0 Å². The van der Waals surface area contributed by atoms with Crippen molar-refractivity contribution in [1.82, 2.24) is 24.9 Å². The molecule has 10 heteroatoms. The van der Waals surface area contributed by atoms with Crippen molar-refractivity contribution in [3.05, 3.63) is 0 Å². The van der Waals surface area contributed by atoms with Gasteiger partial charge in [-0.2, -0.15) is 0 Å². The van der Waals surface area contributed by atoms with Crippen molar-refractivity contribution < 1.29 is 24.3 Å². The summed E-state index contributed by atoms with van der Waals surface area (Å²) in [5, 5.41) is 12.8. The molecule has 0 aliphatic carbocycles. The largest absolute Gasteiger partial charge is 0.480 e. The Morgan fingerprint density at radius 1 is 0.900 bits per heavy atom. The van der Waals surface area contributed by atoms with Crippen molar-refractivity contribution in [3.63, 3.8) is 0 Å². The van der Waals surface area contributed by atoms with Crippen LogP contribution < -0.4 is 5.32 Å². The molecule has 0 bridgehead atoms. The number of aliphatic carboxylic acids is 1. The first kappa shape index (κ1) is 34.0. The van der Waals surface area contributed by atoms with Crippen LogP contribution in [0.25, 0.3) is 0 Å². The van der Waals surface area contributed by atoms with Gasteiger partial charge in [0.05, 0.1) is 12.1 Å². The molecule has 40 heavy (non-hydrogen) atoms. The van der Waals surface area contributed by atoms with E-state index in [0.717, 1.165) is 32.2 Å². The van der Waals surface area contributed by atoms with Crippen LogP contribution in [0.4, 0.5) is 0 Å². The molecule has 0 aromatic carbocycles. The van der Waals surface area contributed by atoms with Gasteiger partial charge in [-0.3, -0.25) is 24.2 Å². The minimum absolute atomic E-state index is 0.101. The van der Waals surface area contributed by atoms with Crippen molar-refractivity contribution in [2.24, 2.45) is 17.3 Å². The molecule has 3 amide bonds. The quantitative estimate of drug-likeness (QED) is 0.396. The van der Waals surface area contributed by atoms with Crippen LogP contribution in [0.3, 0.4) is 0 Å². The van der Waals surface area contributed by atoms with Gasteiger partial charge in [0.15, 0.2) is 0 Å². The number of carbonyl (C=O) groups is 4. The van der Waals surface area contributed by atoms with Crippen molar-refractivity contribution in [2.75, 3.05) is 40.8 Å². The summed E-state index contributed by atoms with van der Waals surface area (Å²) in [7, 11) is 5.33. The lowest BCUT2D eigenvalue weighted by atomic mass is 9.84. The van der Waals surface area contributed by atoms with Gasteiger partial charge in [-0.1, -0.05) is 54.9 Å². The Kier molecular flexibility index (Phi) is 12.0. The number of carboxylic acid groups (broad SMARTS) is 1. The lowest BCUT2D eigenvalue weighted by Crippen LogP contribution is -2.61. The lowest BCUT2D eigenvalue weighted by molar-refractivity contribution is -0.153. The smallest absolute Gasteiger partial charge is 0.326 e. The number of carbonyl (C=O) groups excluding carboxylic acids is 3. The van der Waals surface area contributed by atoms with Gasteiger partial charge in [-0.05, 0) is 63.1 Å². The van der Waals surface area contributed by atoms with Crippen molar-refractivity contribution in [3.8, 4) is 0 Å². The highest BCUT2D eigenvalue weighted by atomic mass is 16.4. The van der Waals surface area contributed by atoms with E-state index in [1.54, 1.807) is 32.8 Å². The van der Waals surface area contributed by atoms with Gasteiger partial charge < -0.3 is 20.2 Å². The van der Waals surface area contributed by atoms with Gasteiger partial charge in [-0.25, -0.2) is 4.79 Å². The second-order valence-corrected chi connectivity index (χ2v) is 13.7. The summed E-state index contributed by atoms with van der Waals surface area (Å²) in [6.45, 7) is 15.7. The Balaban J connectivity index is 2.22. The third-order valence-corrected chi connectivity index (χ3v) is 8.81. The Labute approximate surface area is 241 Å². The zero-order chi connectivity index (χ0) is 30.5. The van der Waals surface area contributed by atoms with E-state index in [1.165, 1.54) is 4.90 Å². The number of hydrogen-bond acceptors (Lipinski definition) is 6. The van der Waals surface area contributed by atoms with Crippen molar-refractivity contribution in [2.45, 2.75) is 111 Å². The van der Waals surface area contributed by atoms with E-state index in [0.29, 0.717) is 19.5 Å². The number of likely N-dealkylation sites (tertiary alicyclic amines) is 2. The fraction of sp³-hybridized carbons (Fsp3) is 0.867. The highest BCUT2D eigenvalue weighted by Gasteiger charge is 2.42. The molecule has 2 aliphatic rings. The molecule has 2 saturated heterocycles. The Morgan fingerprint density at radius 2 is 1.50 bits per heavy atom. The van der Waals surface area contributed by atoms with Crippen molar-refractivity contribution >= 4 is 23.7 Å². The first-order valence-corrected chi connectivity index (χ1v) is 15.0. The molecule has 0 radical (unpaired) electrons. The van der Waals surface area contributed by atoms with E-state index < -0.39 is 29.5 Å². The molecule has 2 heterocycles. The monoisotopic (exact) mass is 565 g/mol. The summed E-state index contributed by atoms with van der Waals surface area (Å²) in [5.41, 5.74) is -0.493. The zero-order valence-electron chi connectivity index (χ0n) is 26.6. The average Bonchev–Trinajstić information content (AvgIpc) is 3.31. The van der Waals surface area contributed by atoms with Gasteiger partial charge in [0, 0.05) is 26.7 Å². The van der Waals surface area contributed by atoms with Crippen LogP contribution in [0.2, 0.25) is 0 Å². The molecule has 5 atom stereocenters. The predicted octanol–water partition coefficient (Wildman–Crippen LogP) is 2.52. The molecule has 0 saturated carbocycles. The SMILES string of the molecule is CC(C)C(CN1CCCC1C(=O)N(C)C(C(=O)O)C(C)C)N(C)C(=O)C(NC(=O)C1CCCCN1C)C(C)(C)C. The first-order valence-electron chi connectivity index (χ1n) is 15.0. The summed E-state index contributed by atoms with van der Waals surface area (Å²) in [5.74, 6) is -1.54. The molecule has 0 spiro atoms. The highest BCUT2D eigenvalue weighted by Crippen LogP contribution is 2.27. The van der Waals surface area contributed by atoms with E-state index >= 15 is 0 Å². The molecule has 0 aromatic heterocycles. The first-order chi connectivity index (χ1) is 18.5. The molecular formula is C30H55N5O5. The summed E-state index contributed by atoms with van der Waals surface area (Å²) < 4.78 is 0. The predicted molar refractivity (Wildman–Crippen MR) is 157 cm³/mol. The molecule has 230 valence electrons. The number of amides is 3. The zero-order valence-corrected chi connectivity index (χ0v) is 26.6. The van der Waals surface area contributed by atoms with Crippen molar-refractivity contribution in [1.29, 1.82) is 0 Å². The van der Waals surface area contributed by atoms with Crippen LogP contribution in [0.1, 0.15) is 80.6 Å². The third-order valence-electron chi connectivity index (χ3n) is 8.81. The number of nitrogens with one attached hydrogen (secondary N) is 1. The molecule has 10 nitrogen and oxygen atoms in total. The highest BCUT2D eigenvalue weighted by molar-refractivity contribution is 5.90. The summed E-state index contributed by atoms with van der Waals surface area (Å²) in [6.07, 6.45) is 4.36. The average molecular weight is 566 g/mol. The fourth-order valence-electron chi connectivity index (χ4n) is 6.28. The number of carboxylic acids is 1. The van der Waals surface area contributed by atoms with Crippen LogP contribution in [-0.2, 0) is 19.2 Å². The van der Waals surface area contributed by atoms with Gasteiger partial charge in [-0.15, -0.1) is 0 Å². The van der Waals surface area contributed by atoms with Gasteiger partial charge in [0.2, 0.25) is 17.7 Å². The van der Waals surface area contributed by atoms with Crippen LogP contribution in [0, 0.1) is 17.3 Å². The van der Waals surface area contributed by atoms with Gasteiger partial charge >= 0.3 is 5.97 Å². The molecule has 2 rings (SSSR count). The third kappa shape index (κ3) is 8.18. The minimum atomic E-state index is -1.00. The van der Waals surface area contributed by atoms with Crippen LogP contribution >= 0.6 is 0 Å². The Hall–Kier alpha value is -2.20. The molecule has 2 N–H and O–H groups in total. The fourth-order valence-corrected chi connectivity index (χ4v) is 6.28. The maximum absolute atomic E-state index is 14.0. The second-order valence-electron chi connectivity index (χ2n) is 13.7. The molecule has 0 aromatic rings. The number of nitrogens with zero attached hydrogens (tertiary/aromatic N) is 4. The molecule has 2 fully saturated rings. The molecule has 5 unspecified atom stereocenters. The number of hydrogen-bond donors (Lipinski definition) is 2. The lowest BCUT2D eigenvalue weighted by Gasteiger charge is -2.41.